The van der Waals surface area contributed by atoms with Crippen molar-refractivity contribution in [1.82, 2.24) is 15.2 Å². The Kier molecular flexibility index (Phi) is 7.85. The van der Waals surface area contributed by atoms with Gasteiger partial charge >= 0.3 is 12.2 Å². The smallest absolute Gasteiger partial charge is 0.410 e. The molecule has 0 aliphatic carbocycles. The predicted octanol–water partition coefficient (Wildman–Crippen LogP) is 3.20. The van der Waals surface area contributed by atoms with Crippen molar-refractivity contribution in [3.8, 4) is 0 Å². The zero-order chi connectivity index (χ0) is 19.9. The van der Waals surface area contributed by atoms with Gasteiger partial charge in [-0.25, -0.2) is 14.6 Å². The molecule has 1 fully saturated rings. The summed E-state index contributed by atoms with van der Waals surface area (Å²) in [5.74, 6) is 0.121. The highest BCUT2D eigenvalue weighted by atomic mass is 32.1. The molecule has 1 N–H and O–H groups in total. The molecule has 2 atom stereocenters. The Balaban J connectivity index is 1.97. The fourth-order valence-electron chi connectivity index (χ4n) is 2.94. The highest BCUT2D eigenvalue weighted by Gasteiger charge is 2.34. The van der Waals surface area contributed by atoms with Gasteiger partial charge in [0.15, 0.2) is 0 Å². The number of nitrogens with zero attached hydrogens (tertiary/aromatic N) is 2. The number of carbonyl (C=O) groups excluding carboxylic acids is 2. The number of thiazole rings is 1. The number of aromatic nitrogens is 1. The first-order valence-corrected chi connectivity index (χ1v) is 9.99. The van der Waals surface area contributed by atoms with E-state index in [4.69, 9.17) is 9.47 Å². The lowest BCUT2D eigenvalue weighted by Gasteiger charge is -2.36. The summed E-state index contributed by atoms with van der Waals surface area (Å²) in [6.07, 6.45) is 2.56. The SMILES string of the molecule is COC(=O)NCCO[C@@H](c1nccs1)C1CCCN(C(=O)OC(C)(C)C)C1. The van der Waals surface area contributed by atoms with Gasteiger partial charge in [0.1, 0.15) is 16.7 Å². The molecule has 2 heterocycles. The van der Waals surface area contributed by atoms with Gasteiger partial charge in [0.2, 0.25) is 0 Å². The molecule has 2 amide bonds. The van der Waals surface area contributed by atoms with Gasteiger partial charge in [-0.05, 0) is 33.6 Å². The maximum absolute atomic E-state index is 12.4. The molecule has 2 rings (SSSR count). The average Bonchev–Trinajstić information content (AvgIpc) is 3.14. The Morgan fingerprint density at radius 1 is 1.44 bits per heavy atom. The average molecular weight is 400 g/mol. The Morgan fingerprint density at radius 3 is 2.85 bits per heavy atom. The van der Waals surface area contributed by atoms with Crippen LogP contribution >= 0.6 is 11.3 Å². The second-order valence-corrected chi connectivity index (χ2v) is 8.33. The topological polar surface area (TPSA) is 90.0 Å². The van der Waals surface area contributed by atoms with Crippen LogP contribution in [0.1, 0.15) is 44.7 Å². The second kappa shape index (κ2) is 9.89. The minimum Gasteiger partial charge on any atom is -0.453 e. The largest absolute Gasteiger partial charge is 0.453 e. The fourth-order valence-corrected chi connectivity index (χ4v) is 3.72. The van der Waals surface area contributed by atoms with E-state index in [0.29, 0.717) is 26.2 Å². The first-order valence-electron chi connectivity index (χ1n) is 9.11. The standard InChI is InChI=1S/C18H29N3O5S/c1-18(2,3)26-17(23)21-9-5-6-13(12-21)14(15-19-8-11-27-15)25-10-7-20-16(22)24-4/h8,11,13-14H,5-7,9-10,12H2,1-4H3,(H,20,22)/t13?,14-/m1/s1. The lowest BCUT2D eigenvalue weighted by molar-refractivity contribution is -0.0246. The van der Waals surface area contributed by atoms with E-state index in [9.17, 15) is 9.59 Å². The van der Waals surface area contributed by atoms with Crippen LogP contribution in [0.25, 0.3) is 0 Å². The van der Waals surface area contributed by atoms with Crippen LogP contribution in [-0.4, -0.2) is 61.0 Å². The van der Waals surface area contributed by atoms with Gasteiger partial charge in [0.05, 0.1) is 13.7 Å². The van der Waals surface area contributed by atoms with Crippen molar-refractivity contribution in [2.24, 2.45) is 5.92 Å². The summed E-state index contributed by atoms with van der Waals surface area (Å²) >= 11 is 1.53. The Hall–Kier alpha value is -1.87. The molecule has 0 saturated carbocycles. The van der Waals surface area contributed by atoms with E-state index in [1.54, 1.807) is 11.1 Å². The molecule has 0 spiro atoms. The van der Waals surface area contributed by atoms with Crippen LogP contribution in [0.2, 0.25) is 0 Å². The molecule has 0 aromatic carbocycles. The second-order valence-electron chi connectivity index (χ2n) is 7.41. The van der Waals surface area contributed by atoms with Crippen molar-refractivity contribution >= 4 is 23.5 Å². The molecule has 1 aromatic heterocycles. The Labute approximate surface area is 164 Å². The van der Waals surface area contributed by atoms with E-state index >= 15 is 0 Å². The molecule has 0 bridgehead atoms. The van der Waals surface area contributed by atoms with Crippen molar-refractivity contribution in [3.05, 3.63) is 16.6 Å². The maximum Gasteiger partial charge on any atom is 0.410 e. The number of hydrogen-bond donors (Lipinski definition) is 1. The number of amides is 2. The van der Waals surface area contributed by atoms with Gasteiger partial charge < -0.3 is 24.4 Å². The monoisotopic (exact) mass is 399 g/mol. The molecule has 9 heteroatoms. The number of nitrogens with one attached hydrogen (secondary N) is 1. The quantitative estimate of drug-likeness (QED) is 0.739. The Bertz CT molecular complexity index is 603. The predicted molar refractivity (Wildman–Crippen MR) is 102 cm³/mol. The van der Waals surface area contributed by atoms with Gasteiger partial charge in [0, 0.05) is 37.1 Å². The summed E-state index contributed by atoms with van der Waals surface area (Å²) in [5.41, 5.74) is -0.519. The third kappa shape index (κ3) is 6.99. The lowest BCUT2D eigenvalue weighted by atomic mass is 9.92. The Morgan fingerprint density at radius 2 is 2.22 bits per heavy atom. The number of rotatable bonds is 6. The van der Waals surface area contributed by atoms with Crippen LogP contribution in [0.4, 0.5) is 9.59 Å². The minimum atomic E-state index is -0.519. The molecule has 27 heavy (non-hydrogen) atoms. The molecule has 8 nitrogen and oxygen atoms in total. The van der Waals surface area contributed by atoms with Crippen molar-refractivity contribution in [2.45, 2.75) is 45.3 Å². The van der Waals surface area contributed by atoms with E-state index in [0.717, 1.165) is 17.8 Å². The number of piperidine rings is 1. The van der Waals surface area contributed by atoms with Crippen LogP contribution in [0.3, 0.4) is 0 Å². The van der Waals surface area contributed by atoms with Gasteiger partial charge in [-0.15, -0.1) is 11.3 Å². The summed E-state index contributed by atoms with van der Waals surface area (Å²) in [5, 5.41) is 5.39. The number of hydrogen-bond acceptors (Lipinski definition) is 7. The molecule has 152 valence electrons. The molecule has 1 aliphatic rings. The molecule has 1 saturated heterocycles. The van der Waals surface area contributed by atoms with E-state index in [-0.39, 0.29) is 18.1 Å². The third-order valence-electron chi connectivity index (χ3n) is 4.09. The molecular formula is C18H29N3O5S. The van der Waals surface area contributed by atoms with Crippen LogP contribution in [-0.2, 0) is 14.2 Å². The highest BCUT2D eigenvalue weighted by Crippen LogP contribution is 2.34. The zero-order valence-electron chi connectivity index (χ0n) is 16.4. The number of methoxy groups -OCH3 is 1. The lowest BCUT2D eigenvalue weighted by Crippen LogP contribution is -2.44. The van der Waals surface area contributed by atoms with Gasteiger partial charge in [-0.2, -0.15) is 0 Å². The highest BCUT2D eigenvalue weighted by molar-refractivity contribution is 7.09. The molecule has 1 unspecified atom stereocenters. The van der Waals surface area contributed by atoms with Crippen molar-refractivity contribution in [2.75, 3.05) is 33.4 Å². The van der Waals surface area contributed by atoms with E-state index < -0.39 is 11.7 Å². The molecular weight excluding hydrogens is 370 g/mol. The summed E-state index contributed by atoms with van der Waals surface area (Å²) in [7, 11) is 1.32. The summed E-state index contributed by atoms with van der Waals surface area (Å²) in [6.45, 7) is 7.51. The van der Waals surface area contributed by atoms with Crippen LogP contribution in [0, 0.1) is 5.92 Å². The van der Waals surface area contributed by atoms with E-state index in [2.05, 4.69) is 15.0 Å². The van der Waals surface area contributed by atoms with Gasteiger partial charge in [-0.3, -0.25) is 0 Å². The van der Waals surface area contributed by atoms with Crippen molar-refractivity contribution < 1.29 is 23.8 Å². The first-order chi connectivity index (χ1) is 12.8. The minimum absolute atomic E-state index is 0.121. The molecule has 1 aromatic rings. The number of ether oxygens (including phenoxy) is 3. The van der Waals surface area contributed by atoms with E-state index in [1.165, 1.54) is 18.4 Å². The summed E-state index contributed by atoms with van der Waals surface area (Å²) < 4.78 is 16.1. The zero-order valence-corrected chi connectivity index (χ0v) is 17.2. The van der Waals surface area contributed by atoms with Crippen LogP contribution in [0.5, 0.6) is 0 Å². The summed E-state index contributed by atoms with van der Waals surface area (Å²) in [4.78, 5) is 29.7. The van der Waals surface area contributed by atoms with Crippen LogP contribution in [0.15, 0.2) is 11.6 Å². The normalized spacial score (nSPS) is 18.7. The van der Waals surface area contributed by atoms with Crippen LogP contribution < -0.4 is 5.32 Å². The number of carbonyl (C=O) groups is 2. The van der Waals surface area contributed by atoms with E-state index in [1.807, 2.05) is 26.2 Å². The van der Waals surface area contributed by atoms with Gasteiger partial charge in [-0.1, -0.05) is 0 Å². The van der Waals surface area contributed by atoms with Gasteiger partial charge in [0.25, 0.3) is 0 Å². The number of likely N-dealkylation sites (tertiary alicyclic amines) is 1. The maximum atomic E-state index is 12.4. The molecule has 1 aliphatic heterocycles. The van der Waals surface area contributed by atoms with Crippen molar-refractivity contribution in [3.63, 3.8) is 0 Å². The summed E-state index contributed by atoms with van der Waals surface area (Å²) in [6, 6.07) is 0. The van der Waals surface area contributed by atoms with Crippen molar-refractivity contribution in [1.29, 1.82) is 0 Å². The fraction of sp³-hybridized carbons (Fsp3) is 0.722. The molecule has 0 radical (unpaired) electrons. The first kappa shape index (κ1) is 21.4. The number of alkyl carbamates (subject to hydrolysis) is 1. The third-order valence-corrected chi connectivity index (χ3v) is 4.92.